The highest BCUT2D eigenvalue weighted by Gasteiger charge is 2.11. The summed E-state index contributed by atoms with van der Waals surface area (Å²) in [5.41, 5.74) is 1.76. The Morgan fingerprint density at radius 2 is 1.84 bits per heavy atom. The molecule has 0 aromatic heterocycles. The molecule has 0 saturated carbocycles. The highest BCUT2D eigenvalue weighted by molar-refractivity contribution is 5.98. The third kappa shape index (κ3) is 3.48. The maximum absolute atomic E-state index is 13.3. The fourth-order valence-electron chi connectivity index (χ4n) is 1.82. The van der Waals surface area contributed by atoms with Crippen molar-refractivity contribution in [1.29, 1.82) is 0 Å². The van der Waals surface area contributed by atoms with Crippen LogP contribution < -0.4 is 0 Å². The van der Waals surface area contributed by atoms with E-state index in [0.717, 1.165) is 5.56 Å². The molecule has 2 aromatic rings. The Morgan fingerprint density at radius 1 is 1.11 bits per heavy atom. The SMILES string of the molecule is Cc1c(F)cccc1C(=O)COCc1ccccc1. The van der Waals surface area contributed by atoms with E-state index < -0.39 is 0 Å². The minimum absolute atomic E-state index is 0.0425. The molecule has 0 radical (unpaired) electrons. The van der Waals surface area contributed by atoms with Gasteiger partial charge in [0.15, 0.2) is 5.78 Å². The van der Waals surface area contributed by atoms with Gasteiger partial charge in [-0.15, -0.1) is 0 Å². The Balaban J connectivity index is 1.93. The lowest BCUT2D eigenvalue weighted by Gasteiger charge is -2.07. The lowest BCUT2D eigenvalue weighted by molar-refractivity contribution is 0.0725. The molecule has 2 aromatic carbocycles. The molecule has 0 N–H and O–H groups in total. The molecule has 0 fully saturated rings. The molecule has 0 aliphatic heterocycles. The first-order valence-electron chi connectivity index (χ1n) is 6.08. The molecule has 2 rings (SSSR count). The van der Waals surface area contributed by atoms with Gasteiger partial charge in [0.25, 0.3) is 0 Å². The highest BCUT2D eigenvalue weighted by Crippen LogP contribution is 2.13. The summed E-state index contributed by atoms with van der Waals surface area (Å²) in [6.45, 7) is 1.93. The van der Waals surface area contributed by atoms with E-state index in [4.69, 9.17) is 4.74 Å². The van der Waals surface area contributed by atoms with Gasteiger partial charge in [0.1, 0.15) is 12.4 Å². The predicted octanol–water partition coefficient (Wildman–Crippen LogP) is 3.53. The van der Waals surface area contributed by atoms with E-state index in [2.05, 4.69) is 0 Å². The fraction of sp³-hybridized carbons (Fsp3) is 0.188. The molecule has 0 aliphatic carbocycles. The van der Waals surface area contributed by atoms with Crippen LogP contribution in [0.25, 0.3) is 0 Å². The molecule has 0 spiro atoms. The largest absolute Gasteiger partial charge is 0.369 e. The van der Waals surface area contributed by atoms with Crippen LogP contribution in [-0.4, -0.2) is 12.4 Å². The standard InChI is InChI=1S/C16H15FO2/c1-12-14(8-5-9-15(12)17)16(18)11-19-10-13-6-3-2-4-7-13/h2-9H,10-11H2,1H3. The fourth-order valence-corrected chi connectivity index (χ4v) is 1.82. The Kier molecular flexibility index (Phi) is 4.42. The van der Waals surface area contributed by atoms with E-state index in [-0.39, 0.29) is 18.2 Å². The summed E-state index contributed by atoms with van der Waals surface area (Å²) in [7, 11) is 0. The molecule has 0 heterocycles. The number of carbonyl (C=O) groups excluding carboxylic acids is 1. The van der Waals surface area contributed by atoms with Crippen molar-refractivity contribution in [3.63, 3.8) is 0 Å². The van der Waals surface area contributed by atoms with Gasteiger partial charge in [0.2, 0.25) is 0 Å². The van der Waals surface area contributed by atoms with Gasteiger partial charge in [-0.25, -0.2) is 4.39 Å². The van der Waals surface area contributed by atoms with Gasteiger partial charge in [-0.1, -0.05) is 42.5 Å². The molecule has 98 valence electrons. The molecule has 2 nitrogen and oxygen atoms in total. The zero-order valence-electron chi connectivity index (χ0n) is 10.7. The lowest BCUT2D eigenvalue weighted by atomic mass is 10.0. The molecule has 3 heteroatoms. The Bertz CT molecular complexity index is 564. The maximum Gasteiger partial charge on any atom is 0.188 e. The van der Waals surface area contributed by atoms with Crippen molar-refractivity contribution in [2.45, 2.75) is 13.5 Å². The summed E-state index contributed by atoms with van der Waals surface area (Å²) in [5, 5.41) is 0. The number of carbonyl (C=O) groups is 1. The summed E-state index contributed by atoms with van der Waals surface area (Å²) < 4.78 is 18.7. The Morgan fingerprint density at radius 3 is 2.58 bits per heavy atom. The number of halogens is 1. The van der Waals surface area contributed by atoms with Gasteiger partial charge in [-0.2, -0.15) is 0 Å². The van der Waals surface area contributed by atoms with Gasteiger partial charge in [0, 0.05) is 5.56 Å². The minimum Gasteiger partial charge on any atom is -0.369 e. The molecule has 0 bridgehead atoms. The third-order valence-corrected chi connectivity index (χ3v) is 2.91. The average Bonchev–Trinajstić information content (AvgIpc) is 2.43. The van der Waals surface area contributed by atoms with Crippen LogP contribution in [0.1, 0.15) is 21.5 Å². The van der Waals surface area contributed by atoms with Gasteiger partial charge in [0.05, 0.1) is 6.61 Å². The number of ketones is 1. The average molecular weight is 258 g/mol. The predicted molar refractivity (Wildman–Crippen MR) is 71.6 cm³/mol. The molecule has 19 heavy (non-hydrogen) atoms. The second-order valence-electron chi connectivity index (χ2n) is 4.31. The van der Waals surface area contributed by atoms with Gasteiger partial charge in [-0.3, -0.25) is 4.79 Å². The van der Waals surface area contributed by atoms with Crippen molar-refractivity contribution in [3.05, 3.63) is 71.0 Å². The zero-order valence-corrected chi connectivity index (χ0v) is 10.7. The van der Waals surface area contributed by atoms with E-state index in [0.29, 0.717) is 17.7 Å². The number of hydrogen-bond acceptors (Lipinski definition) is 2. The van der Waals surface area contributed by atoms with Crippen LogP contribution in [0, 0.1) is 12.7 Å². The Labute approximate surface area is 111 Å². The Hall–Kier alpha value is -2.00. The highest BCUT2D eigenvalue weighted by atomic mass is 19.1. The smallest absolute Gasteiger partial charge is 0.188 e. The number of benzene rings is 2. The van der Waals surface area contributed by atoms with Gasteiger partial charge >= 0.3 is 0 Å². The molecule has 0 amide bonds. The summed E-state index contributed by atoms with van der Waals surface area (Å²) in [6, 6.07) is 14.1. The maximum atomic E-state index is 13.3. The van der Waals surface area contributed by atoms with E-state index in [1.807, 2.05) is 30.3 Å². The van der Waals surface area contributed by atoms with Crippen LogP contribution in [0.4, 0.5) is 4.39 Å². The molecule has 0 unspecified atom stereocenters. The summed E-state index contributed by atoms with van der Waals surface area (Å²) in [4.78, 5) is 11.9. The number of hydrogen-bond donors (Lipinski definition) is 0. The van der Waals surface area contributed by atoms with Crippen molar-refractivity contribution in [3.8, 4) is 0 Å². The zero-order chi connectivity index (χ0) is 13.7. The van der Waals surface area contributed by atoms with E-state index >= 15 is 0 Å². The number of rotatable bonds is 5. The first-order valence-corrected chi connectivity index (χ1v) is 6.08. The molecule has 0 aliphatic rings. The third-order valence-electron chi connectivity index (χ3n) is 2.91. The first kappa shape index (κ1) is 13.4. The lowest BCUT2D eigenvalue weighted by Crippen LogP contribution is -2.11. The minimum atomic E-state index is -0.367. The summed E-state index contributed by atoms with van der Waals surface area (Å²) in [6.07, 6.45) is 0. The van der Waals surface area contributed by atoms with Crippen molar-refractivity contribution >= 4 is 5.78 Å². The van der Waals surface area contributed by atoms with E-state index in [9.17, 15) is 9.18 Å². The molecule has 0 saturated heterocycles. The number of Topliss-reactive ketones (excluding diaryl/α,β-unsaturated/α-hetero) is 1. The van der Waals surface area contributed by atoms with Crippen molar-refractivity contribution in [1.82, 2.24) is 0 Å². The van der Waals surface area contributed by atoms with Crippen molar-refractivity contribution in [2.24, 2.45) is 0 Å². The molecule has 0 atom stereocenters. The second kappa shape index (κ2) is 6.25. The van der Waals surface area contributed by atoms with Gasteiger partial charge < -0.3 is 4.74 Å². The van der Waals surface area contributed by atoms with Crippen LogP contribution in [0.5, 0.6) is 0 Å². The normalized spacial score (nSPS) is 10.4. The topological polar surface area (TPSA) is 26.3 Å². The van der Waals surface area contributed by atoms with Gasteiger partial charge in [-0.05, 0) is 24.1 Å². The van der Waals surface area contributed by atoms with Crippen LogP contribution in [-0.2, 0) is 11.3 Å². The summed E-state index contributed by atoms with van der Waals surface area (Å²) >= 11 is 0. The second-order valence-corrected chi connectivity index (χ2v) is 4.31. The monoisotopic (exact) mass is 258 g/mol. The summed E-state index contributed by atoms with van der Waals surface area (Å²) in [5.74, 6) is -0.568. The van der Waals surface area contributed by atoms with Crippen molar-refractivity contribution < 1.29 is 13.9 Å². The molecular formula is C16H15FO2. The van der Waals surface area contributed by atoms with E-state index in [1.54, 1.807) is 13.0 Å². The van der Waals surface area contributed by atoms with Crippen LogP contribution in [0.15, 0.2) is 48.5 Å². The van der Waals surface area contributed by atoms with Crippen LogP contribution in [0.2, 0.25) is 0 Å². The van der Waals surface area contributed by atoms with Crippen LogP contribution >= 0.6 is 0 Å². The first-order chi connectivity index (χ1) is 9.18. The quantitative estimate of drug-likeness (QED) is 0.767. The van der Waals surface area contributed by atoms with Crippen LogP contribution in [0.3, 0.4) is 0 Å². The number of ether oxygens (including phenoxy) is 1. The van der Waals surface area contributed by atoms with Crippen molar-refractivity contribution in [2.75, 3.05) is 6.61 Å². The van der Waals surface area contributed by atoms with E-state index in [1.165, 1.54) is 12.1 Å². The molecular weight excluding hydrogens is 243 g/mol.